The minimum absolute atomic E-state index is 0.0413. The first-order valence-corrected chi connectivity index (χ1v) is 7.13. The van der Waals surface area contributed by atoms with Gasteiger partial charge in [0.15, 0.2) is 0 Å². The topological polar surface area (TPSA) is 75.6 Å². The largest absolute Gasteiger partial charge is 0.481 e. The molecule has 5 nitrogen and oxygen atoms in total. The molecule has 108 valence electrons. The Morgan fingerprint density at radius 1 is 1.32 bits per heavy atom. The average Bonchev–Trinajstić information content (AvgIpc) is 2.96. The zero-order valence-corrected chi connectivity index (χ0v) is 11.6. The number of carboxylic acid groups (broad SMARTS) is 1. The summed E-state index contributed by atoms with van der Waals surface area (Å²) in [6, 6.07) is -0.0413. The lowest BCUT2D eigenvalue weighted by Gasteiger charge is -2.23. The fraction of sp³-hybridized carbons (Fsp3) is 0.857. The second-order valence-corrected chi connectivity index (χ2v) is 5.98. The van der Waals surface area contributed by atoms with E-state index in [2.05, 4.69) is 5.32 Å². The van der Waals surface area contributed by atoms with Gasteiger partial charge in [0.2, 0.25) is 5.91 Å². The Labute approximate surface area is 113 Å². The van der Waals surface area contributed by atoms with E-state index in [1.165, 1.54) is 0 Å². The summed E-state index contributed by atoms with van der Waals surface area (Å²) in [5.74, 6) is -1.60. The molecule has 1 saturated carbocycles. The van der Waals surface area contributed by atoms with Crippen molar-refractivity contribution in [2.75, 3.05) is 6.61 Å². The fourth-order valence-electron chi connectivity index (χ4n) is 3.28. The second-order valence-electron chi connectivity index (χ2n) is 5.98. The highest BCUT2D eigenvalue weighted by Crippen LogP contribution is 2.36. The molecular weight excluding hydrogens is 246 g/mol. The first kappa shape index (κ1) is 14.3. The van der Waals surface area contributed by atoms with E-state index >= 15 is 0 Å². The van der Waals surface area contributed by atoms with Gasteiger partial charge in [-0.1, -0.05) is 6.92 Å². The van der Waals surface area contributed by atoms with Crippen molar-refractivity contribution < 1.29 is 19.4 Å². The molecule has 0 radical (unpaired) electrons. The third-order valence-electron chi connectivity index (χ3n) is 4.34. The molecule has 5 unspecified atom stereocenters. The fourth-order valence-corrected chi connectivity index (χ4v) is 3.28. The van der Waals surface area contributed by atoms with Crippen molar-refractivity contribution in [3.05, 3.63) is 0 Å². The minimum atomic E-state index is -0.853. The summed E-state index contributed by atoms with van der Waals surface area (Å²) >= 11 is 0. The van der Waals surface area contributed by atoms with Gasteiger partial charge in [0.25, 0.3) is 0 Å². The summed E-state index contributed by atoms with van der Waals surface area (Å²) in [7, 11) is 0. The summed E-state index contributed by atoms with van der Waals surface area (Å²) in [4.78, 5) is 23.4. The summed E-state index contributed by atoms with van der Waals surface area (Å²) in [5, 5.41) is 12.1. The summed E-state index contributed by atoms with van der Waals surface area (Å²) in [6.07, 6.45) is 3.34. The number of rotatable bonds is 4. The lowest BCUT2D eigenvalue weighted by molar-refractivity contribution is -0.146. The van der Waals surface area contributed by atoms with Gasteiger partial charge < -0.3 is 15.2 Å². The quantitative estimate of drug-likeness (QED) is 0.809. The molecule has 1 saturated heterocycles. The van der Waals surface area contributed by atoms with Crippen LogP contribution in [0.15, 0.2) is 0 Å². The van der Waals surface area contributed by atoms with Crippen LogP contribution in [0.5, 0.6) is 0 Å². The van der Waals surface area contributed by atoms with E-state index in [-0.39, 0.29) is 18.1 Å². The highest BCUT2D eigenvalue weighted by Gasteiger charge is 2.41. The Kier molecular flexibility index (Phi) is 4.45. The van der Waals surface area contributed by atoms with Gasteiger partial charge in [-0.15, -0.1) is 0 Å². The van der Waals surface area contributed by atoms with Crippen LogP contribution in [0.25, 0.3) is 0 Å². The second kappa shape index (κ2) is 5.90. The molecule has 2 N–H and O–H groups in total. The van der Waals surface area contributed by atoms with Crippen LogP contribution in [0.4, 0.5) is 0 Å². The number of amides is 1. The van der Waals surface area contributed by atoms with Crippen molar-refractivity contribution in [3.63, 3.8) is 0 Å². The summed E-state index contributed by atoms with van der Waals surface area (Å²) in [5.41, 5.74) is 0. The molecule has 2 fully saturated rings. The van der Waals surface area contributed by atoms with Gasteiger partial charge in [0.1, 0.15) is 0 Å². The lowest BCUT2D eigenvalue weighted by atomic mass is 9.95. The van der Waals surface area contributed by atoms with Crippen LogP contribution in [-0.4, -0.2) is 35.7 Å². The molecule has 1 amide bonds. The molecule has 0 aromatic heterocycles. The number of hydrogen-bond acceptors (Lipinski definition) is 3. The van der Waals surface area contributed by atoms with Crippen molar-refractivity contribution in [3.8, 4) is 0 Å². The first-order chi connectivity index (χ1) is 8.99. The zero-order chi connectivity index (χ0) is 14.0. The van der Waals surface area contributed by atoms with E-state index in [0.29, 0.717) is 18.8 Å². The van der Waals surface area contributed by atoms with E-state index in [4.69, 9.17) is 4.74 Å². The molecule has 2 rings (SSSR count). The molecule has 0 aromatic carbocycles. The van der Waals surface area contributed by atoms with Crippen LogP contribution in [0.2, 0.25) is 0 Å². The van der Waals surface area contributed by atoms with Gasteiger partial charge in [0, 0.05) is 6.61 Å². The number of carbonyl (C=O) groups excluding carboxylic acids is 1. The number of hydrogen-bond donors (Lipinski definition) is 2. The van der Waals surface area contributed by atoms with Gasteiger partial charge >= 0.3 is 5.97 Å². The monoisotopic (exact) mass is 269 g/mol. The smallest absolute Gasteiger partial charge is 0.307 e. The molecule has 2 aliphatic rings. The SMILES string of the molecule is CC1CC(C(=O)O)C(C(=O)NC(C)C2CCCO2)C1. The molecule has 0 bridgehead atoms. The van der Waals surface area contributed by atoms with E-state index in [1.54, 1.807) is 0 Å². The molecule has 19 heavy (non-hydrogen) atoms. The Balaban J connectivity index is 1.92. The Hall–Kier alpha value is -1.10. The van der Waals surface area contributed by atoms with Crippen molar-refractivity contribution >= 4 is 11.9 Å². The summed E-state index contributed by atoms with van der Waals surface area (Å²) in [6.45, 7) is 4.69. The first-order valence-electron chi connectivity index (χ1n) is 7.13. The van der Waals surface area contributed by atoms with Crippen LogP contribution in [0.3, 0.4) is 0 Å². The van der Waals surface area contributed by atoms with Gasteiger partial charge in [-0.3, -0.25) is 9.59 Å². The predicted octanol–water partition coefficient (Wildman–Crippen LogP) is 1.42. The number of carboxylic acids is 1. The molecule has 0 spiro atoms. The lowest BCUT2D eigenvalue weighted by Crippen LogP contribution is -2.45. The van der Waals surface area contributed by atoms with E-state index in [9.17, 15) is 14.7 Å². The van der Waals surface area contributed by atoms with Gasteiger partial charge in [-0.2, -0.15) is 0 Å². The standard InChI is InChI=1S/C14H23NO4/c1-8-6-10(11(7-8)14(17)18)13(16)15-9(2)12-4-3-5-19-12/h8-12H,3-7H2,1-2H3,(H,15,16)(H,17,18). The van der Waals surface area contributed by atoms with Gasteiger partial charge in [-0.05, 0) is 38.5 Å². The number of aliphatic carboxylic acids is 1. The maximum absolute atomic E-state index is 12.2. The normalized spacial score (nSPS) is 36.1. The molecule has 5 atom stereocenters. The average molecular weight is 269 g/mol. The molecule has 1 aliphatic carbocycles. The van der Waals surface area contributed by atoms with Crippen LogP contribution >= 0.6 is 0 Å². The third-order valence-corrected chi connectivity index (χ3v) is 4.34. The highest BCUT2D eigenvalue weighted by molar-refractivity contribution is 5.85. The van der Waals surface area contributed by atoms with Crippen molar-refractivity contribution in [1.82, 2.24) is 5.32 Å². The minimum Gasteiger partial charge on any atom is -0.481 e. The van der Waals surface area contributed by atoms with Crippen molar-refractivity contribution in [2.45, 2.75) is 51.7 Å². The van der Waals surface area contributed by atoms with Gasteiger partial charge in [-0.25, -0.2) is 0 Å². The van der Waals surface area contributed by atoms with Crippen LogP contribution in [-0.2, 0) is 14.3 Å². The maximum Gasteiger partial charge on any atom is 0.307 e. The Bertz CT molecular complexity index is 351. The Morgan fingerprint density at radius 2 is 2.00 bits per heavy atom. The maximum atomic E-state index is 12.2. The number of nitrogens with one attached hydrogen (secondary N) is 1. The molecule has 1 aliphatic heterocycles. The van der Waals surface area contributed by atoms with Crippen LogP contribution in [0.1, 0.15) is 39.5 Å². The van der Waals surface area contributed by atoms with E-state index in [1.807, 2.05) is 13.8 Å². The van der Waals surface area contributed by atoms with Crippen molar-refractivity contribution in [2.24, 2.45) is 17.8 Å². The molecular formula is C14H23NO4. The van der Waals surface area contributed by atoms with Crippen LogP contribution in [0, 0.1) is 17.8 Å². The number of carbonyl (C=O) groups is 2. The van der Waals surface area contributed by atoms with Crippen molar-refractivity contribution in [1.29, 1.82) is 0 Å². The number of ether oxygens (including phenoxy) is 1. The highest BCUT2D eigenvalue weighted by atomic mass is 16.5. The molecule has 0 aromatic rings. The molecule has 1 heterocycles. The third kappa shape index (κ3) is 3.26. The summed E-state index contributed by atoms with van der Waals surface area (Å²) < 4.78 is 5.54. The van der Waals surface area contributed by atoms with Gasteiger partial charge in [0.05, 0.1) is 24.0 Å². The predicted molar refractivity (Wildman–Crippen MR) is 69.6 cm³/mol. The zero-order valence-electron chi connectivity index (χ0n) is 11.6. The van der Waals surface area contributed by atoms with Crippen LogP contribution < -0.4 is 5.32 Å². The molecule has 5 heteroatoms. The Morgan fingerprint density at radius 3 is 2.58 bits per heavy atom. The van der Waals surface area contributed by atoms with E-state index in [0.717, 1.165) is 19.4 Å². The van der Waals surface area contributed by atoms with E-state index < -0.39 is 17.8 Å².